The lowest BCUT2D eigenvalue weighted by molar-refractivity contribution is -0.117. The van der Waals surface area contributed by atoms with E-state index in [1.54, 1.807) is 38.1 Å². The van der Waals surface area contributed by atoms with Gasteiger partial charge in [-0.25, -0.2) is 0 Å². The van der Waals surface area contributed by atoms with Crippen molar-refractivity contribution in [2.45, 2.75) is 43.8 Å². The number of aryl methyl sites for hydroxylation is 2. The number of hydrogen-bond acceptors (Lipinski definition) is 4. The number of alkyl halides is 2. The van der Waals surface area contributed by atoms with E-state index in [-0.39, 0.29) is 11.8 Å². The van der Waals surface area contributed by atoms with E-state index in [2.05, 4.69) is 10.5 Å². The molecule has 1 N–H and O–H groups in total. The molecule has 1 heterocycles. The van der Waals surface area contributed by atoms with Crippen LogP contribution in [0.5, 0.6) is 0 Å². The summed E-state index contributed by atoms with van der Waals surface area (Å²) >= 11 is 0.472. The second-order valence-corrected chi connectivity index (χ2v) is 6.15. The van der Waals surface area contributed by atoms with Crippen LogP contribution in [0.3, 0.4) is 0 Å². The third-order valence-corrected chi connectivity index (χ3v) is 4.23. The number of carbonyl (C=O) groups is 1. The summed E-state index contributed by atoms with van der Waals surface area (Å²) in [5.74, 6) is -2.36. The zero-order valence-electron chi connectivity index (χ0n) is 13.1. The molecular weight excluding hydrogens is 322 g/mol. The number of benzene rings is 1. The zero-order chi connectivity index (χ0) is 17.0. The Hall–Kier alpha value is -1.89. The van der Waals surface area contributed by atoms with E-state index in [4.69, 9.17) is 4.52 Å². The first-order valence-electron chi connectivity index (χ1n) is 7.20. The highest BCUT2D eigenvalue weighted by molar-refractivity contribution is 7.99. The Morgan fingerprint density at radius 1 is 1.30 bits per heavy atom. The van der Waals surface area contributed by atoms with E-state index >= 15 is 0 Å². The summed E-state index contributed by atoms with van der Waals surface area (Å²) in [5, 5.41) is 6.70. The molecule has 0 saturated heterocycles. The predicted octanol–water partition coefficient (Wildman–Crippen LogP) is 4.74. The van der Waals surface area contributed by atoms with Gasteiger partial charge >= 0.3 is 0 Å². The van der Waals surface area contributed by atoms with E-state index in [0.29, 0.717) is 40.2 Å². The topological polar surface area (TPSA) is 55.1 Å². The molecular formula is C16H18F2N2O2S. The molecule has 7 heteroatoms. The molecule has 124 valence electrons. The molecule has 1 atom stereocenters. The number of halogens is 2. The molecule has 0 aliphatic rings. The fourth-order valence-electron chi connectivity index (χ4n) is 2.46. The molecule has 0 fully saturated rings. The smallest absolute Gasteiger partial charge is 0.288 e. The van der Waals surface area contributed by atoms with Gasteiger partial charge < -0.3 is 9.84 Å². The molecule has 0 aliphatic carbocycles. The van der Waals surface area contributed by atoms with Crippen molar-refractivity contribution in [2.24, 2.45) is 0 Å². The zero-order valence-corrected chi connectivity index (χ0v) is 13.9. The maximum atomic E-state index is 12.5. The van der Waals surface area contributed by atoms with Gasteiger partial charge in [0.25, 0.3) is 5.76 Å². The number of nitrogens with zero attached hydrogens (tertiary/aromatic N) is 1. The number of rotatable bonds is 6. The number of hydrogen-bond donors (Lipinski definition) is 1. The number of aromatic nitrogens is 1. The lowest BCUT2D eigenvalue weighted by atomic mass is 9.94. The maximum Gasteiger partial charge on any atom is 0.288 e. The summed E-state index contributed by atoms with van der Waals surface area (Å²) in [7, 11) is 0. The summed E-state index contributed by atoms with van der Waals surface area (Å²) in [6.07, 6.45) is 0.605. The van der Waals surface area contributed by atoms with Crippen molar-refractivity contribution < 1.29 is 18.1 Å². The average molecular weight is 340 g/mol. The first-order chi connectivity index (χ1) is 10.9. The van der Waals surface area contributed by atoms with E-state index in [1.807, 2.05) is 6.92 Å². The molecule has 4 nitrogen and oxygen atoms in total. The van der Waals surface area contributed by atoms with Gasteiger partial charge in [-0.2, -0.15) is 8.78 Å². The van der Waals surface area contributed by atoms with Crippen LogP contribution in [0, 0.1) is 13.8 Å². The molecule has 0 radical (unpaired) electrons. The minimum atomic E-state index is -2.46. The van der Waals surface area contributed by atoms with E-state index in [0.717, 1.165) is 5.56 Å². The van der Waals surface area contributed by atoms with Gasteiger partial charge in [-0.3, -0.25) is 4.79 Å². The number of anilines is 1. The van der Waals surface area contributed by atoms with Gasteiger partial charge in [0.1, 0.15) is 5.76 Å². The summed E-state index contributed by atoms with van der Waals surface area (Å²) < 4.78 is 29.7. The van der Waals surface area contributed by atoms with E-state index < -0.39 is 5.76 Å². The highest BCUT2D eigenvalue weighted by Crippen LogP contribution is 2.29. The van der Waals surface area contributed by atoms with Crippen molar-refractivity contribution in [3.63, 3.8) is 0 Å². The SMILES string of the molecule is CC[C@H](C(=O)Nc1ccc(SC(F)F)cc1)c1c(C)noc1C. The molecule has 0 bridgehead atoms. The number of nitrogens with one attached hydrogen (secondary N) is 1. The summed E-state index contributed by atoms with van der Waals surface area (Å²) in [5.41, 5.74) is 2.07. The van der Waals surface area contributed by atoms with Crippen molar-refractivity contribution in [3.8, 4) is 0 Å². The van der Waals surface area contributed by atoms with Crippen LogP contribution in [-0.2, 0) is 4.79 Å². The van der Waals surface area contributed by atoms with Gasteiger partial charge in [0, 0.05) is 16.1 Å². The van der Waals surface area contributed by atoms with Crippen molar-refractivity contribution in [1.29, 1.82) is 0 Å². The molecule has 1 aromatic heterocycles. The van der Waals surface area contributed by atoms with Gasteiger partial charge in [-0.15, -0.1) is 0 Å². The van der Waals surface area contributed by atoms with Crippen LogP contribution >= 0.6 is 11.8 Å². The van der Waals surface area contributed by atoms with Gasteiger partial charge in [0.2, 0.25) is 5.91 Å². The second kappa shape index (κ2) is 7.59. The maximum absolute atomic E-state index is 12.5. The van der Waals surface area contributed by atoms with Gasteiger partial charge in [0.05, 0.1) is 11.6 Å². The third-order valence-electron chi connectivity index (χ3n) is 3.51. The first kappa shape index (κ1) is 17.5. The highest BCUT2D eigenvalue weighted by Gasteiger charge is 2.25. The summed E-state index contributed by atoms with van der Waals surface area (Å²) in [6.45, 7) is 5.50. The van der Waals surface area contributed by atoms with Crippen molar-refractivity contribution in [3.05, 3.63) is 41.3 Å². The fourth-order valence-corrected chi connectivity index (χ4v) is 2.96. The molecule has 0 unspecified atom stereocenters. The van der Waals surface area contributed by atoms with Crippen LogP contribution in [0.1, 0.15) is 36.3 Å². The molecule has 1 amide bonds. The van der Waals surface area contributed by atoms with Gasteiger partial charge in [-0.05, 0) is 44.5 Å². The average Bonchev–Trinajstić information content (AvgIpc) is 2.82. The second-order valence-electron chi connectivity index (χ2n) is 5.09. The third kappa shape index (κ3) is 4.31. The van der Waals surface area contributed by atoms with Crippen molar-refractivity contribution in [2.75, 3.05) is 5.32 Å². The Kier molecular flexibility index (Phi) is 5.76. The number of thioether (sulfide) groups is 1. The van der Waals surface area contributed by atoms with Crippen molar-refractivity contribution >= 4 is 23.4 Å². The van der Waals surface area contributed by atoms with Crippen LogP contribution in [0.15, 0.2) is 33.7 Å². The predicted molar refractivity (Wildman–Crippen MR) is 85.9 cm³/mol. The number of carbonyl (C=O) groups excluding carboxylic acids is 1. The Balaban J connectivity index is 2.11. The fraction of sp³-hybridized carbons (Fsp3) is 0.375. The largest absolute Gasteiger partial charge is 0.361 e. The Morgan fingerprint density at radius 3 is 2.43 bits per heavy atom. The Morgan fingerprint density at radius 2 is 1.96 bits per heavy atom. The molecule has 0 spiro atoms. The molecule has 0 saturated carbocycles. The minimum absolute atomic E-state index is 0.170. The monoisotopic (exact) mass is 340 g/mol. The van der Waals surface area contributed by atoms with Crippen LogP contribution < -0.4 is 5.32 Å². The van der Waals surface area contributed by atoms with Gasteiger partial charge in [0.15, 0.2) is 0 Å². The Labute approximate surface area is 137 Å². The van der Waals surface area contributed by atoms with Crippen LogP contribution in [-0.4, -0.2) is 16.8 Å². The normalized spacial score (nSPS) is 12.4. The quantitative estimate of drug-likeness (QED) is 0.772. The summed E-state index contributed by atoms with van der Waals surface area (Å²) in [6, 6.07) is 6.35. The van der Waals surface area contributed by atoms with E-state index in [9.17, 15) is 13.6 Å². The molecule has 2 rings (SSSR count). The lowest BCUT2D eigenvalue weighted by Crippen LogP contribution is -2.21. The van der Waals surface area contributed by atoms with E-state index in [1.165, 1.54) is 0 Å². The van der Waals surface area contributed by atoms with Crippen molar-refractivity contribution in [1.82, 2.24) is 5.16 Å². The van der Waals surface area contributed by atoms with Crippen LogP contribution in [0.25, 0.3) is 0 Å². The van der Waals surface area contributed by atoms with Crippen LogP contribution in [0.4, 0.5) is 14.5 Å². The molecule has 23 heavy (non-hydrogen) atoms. The molecule has 1 aromatic carbocycles. The molecule has 2 aromatic rings. The first-order valence-corrected chi connectivity index (χ1v) is 8.08. The minimum Gasteiger partial charge on any atom is -0.361 e. The summed E-state index contributed by atoms with van der Waals surface area (Å²) in [4.78, 5) is 13.0. The molecule has 0 aliphatic heterocycles. The standard InChI is InChI=1S/C16H18F2N2O2S/c1-4-13(14-9(2)20-22-10(14)3)15(21)19-11-5-7-12(8-6-11)23-16(17)18/h5-8,13,16H,4H2,1-3H3,(H,19,21)/t13-/m0/s1. The highest BCUT2D eigenvalue weighted by atomic mass is 32.2. The number of amides is 1. The lowest BCUT2D eigenvalue weighted by Gasteiger charge is -2.15. The van der Waals surface area contributed by atoms with Gasteiger partial charge in [-0.1, -0.05) is 23.8 Å². The Bertz CT molecular complexity index is 652. The van der Waals surface area contributed by atoms with Crippen LogP contribution in [0.2, 0.25) is 0 Å².